The summed E-state index contributed by atoms with van der Waals surface area (Å²) in [6.07, 6.45) is 2.46. The van der Waals surface area contributed by atoms with Crippen LogP contribution in [-0.2, 0) is 14.6 Å². The average Bonchev–Trinajstić information content (AvgIpc) is 2.64. The van der Waals surface area contributed by atoms with Gasteiger partial charge in [0.1, 0.15) is 4.33 Å². The van der Waals surface area contributed by atoms with Crippen molar-refractivity contribution in [2.24, 2.45) is 5.41 Å². The fourth-order valence-electron chi connectivity index (χ4n) is 2.51. The van der Waals surface area contributed by atoms with Crippen LogP contribution in [0.15, 0.2) is 12.7 Å². The number of rotatable bonds is 4. The first-order valence-corrected chi connectivity index (χ1v) is 8.71. The van der Waals surface area contributed by atoms with Crippen LogP contribution in [0.1, 0.15) is 19.8 Å². The number of hydrogen-bond acceptors (Lipinski definition) is 3. The monoisotopic (exact) mass is 325 g/mol. The van der Waals surface area contributed by atoms with Crippen LogP contribution in [-0.4, -0.2) is 47.7 Å². The maximum absolute atomic E-state index is 12.5. The predicted octanol–water partition coefficient (Wildman–Crippen LogP) is 1.77. The van der Waals surface area contributed by atoms with Crippen molar-refractivity contribution in [1.82, 2.24) is 4.90 Å². The zero-order chi connectivity index (χ0) is 14.5. The summed E-state index contributed by atoms with van der Waals surface area (Å²) in [5, 5.41) is 0. The standard InChI is InChI=1S/C12H17Cl2NO3S/c1-3-5-15(9-4-6-19(17,18)7-9)10(16)11(2)8-12(11,13)14/h3,9H,1,4-8H2,2H3/t9-,11-/m1/s1. The second kappa shape index (κ2) is 4.64. The Kier molecular flexibility index (Phi) is 3.69. The fourth-order valence-corrected chi connectivity index (χ4v) is 4.93. The van der Waals surface area contributed by atoms with Gasteiger partial charge in [-0.2, -0.15) is 0 Å². The number of hydrogen-bond donors (Lipinski definition) is 0. The number of alkyl halides is 2. The third-order valence-corrected chi connectivity index (χ3v) is 6.82. The number of sulfone groups is 1. The normalized spacial score (nSPS) is 34.8. The van der Waals surface area contributed by atoms with Gasteiger partial charge < -0.3 is 4.90 Å². The summed E-state index contributed by atoms with van der Waals surface area (Å²) in [5.41, 5.74) is -0.814. The molecule has 2 rings (SSSR count). The number of carbonyl (C=O) groups excluding carboxylic acids is 1. The first-order chi connectivity index (χ1) is 8.63. The Bertz CT molecular complexity index is 517. The summed E-state index contributed by atoms with van der Waals surface area (Å²) in [5.74, 6) is -0.0397. The van der Waals surface area contributed by atoms with E-state index in [-0.39, 0.29) is 23.5 Å². The fraction of sp³-hybridized carbons (Fsp3) is 0.750. The van der Waals surface area contributed by atoms with Gasteiger partial charge in [-0.3, -0.25) is 4.79 Å². The van der Waals surface area contributed by atoms with Crippen molar-refractivity contribution < 1.29 is 13.2 Å². The van der Waals surface area contributed by atoms with E-state index in [1.807, 2.05) is 0 Å². The first-order valence-electron chi connectivity index (χ1n) is 6.13. The molecule has 1 amide bonds. The Balaban J connectivity index is 2.18. The van der Waals surface area contributed by atoms with Gasteiger partial charge in [-0.1, -0.05) is 6.08 Å². The van der Waals surface area contributed by atoms with Crippen molar-refractivity contribution in [1.29, 1.82) is 0 Å². The molecule has 0 N–H and O–H groups in total. The number of halogens is 2. The van der Waals surface area contributed by atoms with Crippen molar-refractivity contribution in [3.8, 4) is 0 Å². The van der Waals surface area contributed by atoms with Crippen molar-refractivity contribution in [3.63, 3.8) is 0 Å². The minimum Gasteiger partial charge on any atom is -0.334 e. The molecular formula is C12H17Cl2NO3S. The third-order valence-electron chi connectivity index (χ3n) is 3.97. The molecule has 19 heavy (non-hydrogen) atoms. The van der Waals surface area contributed by atoms with E-state index < -0.39 is 19.6 Å². The summed E-state index contributed by atoms with van der Waals surface area (Å²) in [6, 6.07) is -0.294. The number of carbonyl (C=O) groups is 1. The van der Waals surface area contributed by atoms with Crippen LogP contribution >= 0.6 is 23.2 Å². The van der Waals surface area contributed by atoms with E-state index in [4.69, 9.17) is 23.2 Å². The average molecular weight is 326 g/mol. The van der Waals surface area contributed by atoms with Crippen molar-refractivity contribution >= 4 is 38.9 Å². The highest BCUT2D eigenvalue weighted by molar-refractivity contribution is 7.91. The first kappa shape index (κ1) is 15.1. The molecule has 0 aromatic heterocycles. The van der Waals surface area contributed by atoms with Crippen LogP contribution in [0.2, 0.25) is 0 Å². The summed E-state index contributed by atoms with van der Waals surface area (Å²) in [7, 11) is -3.04. The molecule has 1 aliphatic carbocycles. The van der Waals surface area contributed by atoms with E-state index in [1.54, 1.807) is 17.9 Å². The third kappa shape index (κ3) is 2.65. The lowest BCUT2D eigenvalue weighted by molar-refractivity contribution is -0.137. The SMILES string of the molecule is C=CCN(C(=O)[C@@]1(C)CC1(Cl)Cl)[C@@H]1CCS(=O)(=O)C1. The van der Waals surface area contributed by atoms with Gasteiger partial charge >= 0.3 is 0 Å². The molecule has 1 aliphatic heterocycles. The lowest BCUT2D eigenvalue weighted by Crippen LogP contribution is -2.45. The molecule has 2 fully saturated rings. The topological polar surface area (TPSA) is 54.5 Å². The molecule has 1 heterocycles. The zero-order valence-electron chi connectivity index (χ0n) is 10.7. The molecular weight excluding hydrogens is 309 g/mol. The highest BCUT2D eigenvalue weighted by atomic mass is 35.5. The van der Waals surface area contributed by atoms with Gasteiger partial charge in [0.2, 0.25) is 5.91 Å². The molecule has 1 saturated heterocycles. The molecule has 0 spiro atoms. The smallest absolute Gasteiger partial charge is 0.232 e. The molecule has 1 saturated carbocycles. The lowest BCUT2D eigenvalue weighted by atomic mass is 10.1. The molecule has 0 aromatic carbocycles. The Morgan fingerprint density at radius 1 is 1.53 bits per heavy atom. The Labute approximate surface area is 123 Å². The minimum absolute atomic E-state index is 0.0141. The maximum atomic E-state index is 12.5. The van der Waals surface area contributed by atoms with E-state index in [9.17, 15) is 13.2 Å². The quantitative estimate of drug-likeness (QED) is 0.584. The van der Waals surface area contributed by atoms with E-state index in [0.717, 1.165) is 0 Å². The van der Waals surface area contributed by atoms with Crippen molar-refractivity contribution in [2.75, 3.05) is 18.1 Å². The summed E-state index contributed by atoms with van der Waals surface area (Å²) in [6.45, 7) is 5.66. The summed E-state index contributed by atoms with van der Waals surface area (Å²) < 4.78 is 22.1. The molecule has 0 bridgehead atoms. The second-order valence-electron chi connectivity index (χ2n) is 5.52. The molecule has 108 valence electrons. The number of amides is 1. The lowest BCUT2D eigenvalue weighted by Gasteiger charge is -2.30. The van der Waals surface area contributed by atoms with Crippen LogP contribution in [0.4, 0.5) is 0 Å². The largest absolute Gasteiger partial charge is 0.334 e. The van der Waals surface area contributed by atoms with Gasteiger partial charge in [0, 0.05) is 12.6 Å². The Morgan fingerprint density at radius 3 is 2.47 bits per heavy atom. The predicted molar refractivity (Wildman–Crippen MR) is 76.1 cm³/mol. The highest BCUT2D eigenvalue weighted by Gasteiger charge is 2.69. The number of nitrogens with zero attached hydrogens (tertiary/aromatic N) is 1. The van der Waals surface area contributed by atoms with Crippen LogP contribution in [0.25, 0.3) is 0 Å². The molecule has 0 aromatic rings. The van der Waals surface area contributed by atoms with Crippen LogP contribution in [0, 0.1) is 5.41 Å². The summed E-state index contributed by atoms with van der Waals surface area (Å²) >= 11 is 12.0. The van der Waals surface area contributed by atoms with Crippen LogP contribution < -0.4 is 0 Å². The van der Waals surface area contributed by atoms with Gasteiger partial charge in [0.25, 0.3) is 0 Å². The van der Waals surface area contributed by atoms with E-state index in [2.05, 4.69) is 6.58 Å². The van der Waals surface area contributed by atoms with Gasteiger partial charge in [-0.25, -0.2) is 8.42 Å². The van der Waals surface area contributed by atoms with Gasteiger partial charge in [0.05, 0.1) is 16.9 Å². The van der Waals surface area contributed by atoms with Gasteiger partial charge in [-0.15, -0.1) is 29.8 Å². The van der Waals surface area contributed by atoms with Gasteiger partial charge in [-0.05, 0) is 19.8 Å². The highest BCUT2D eigenvalue weighted by Crippen LogP contribution is 2.64. The second-order valence-corrected chi connectivity index (χ2v) is 9.23. The molecule has 2 atom stereocenters. The zero-order valence-corrected chi connectivity index (χ0v) is 13.1. The van der Waals surface area contributed by atoms with Crippen LogP contribution in [0.5, 0.6) is 0 Å². The minimum atomic E-state index is -3.04. The molecule has 4 nitrogen and oxygen atoms in total. The Morgan fingerprint density at radius 2 is 2.11 bits per heavy atom. The van der Waals surface area contributed by atoms with Gasteiger partial charge in [0.15, 0.2) is 9.84 Å². The van der Waals surface area contributed by atoms with Crippen molar-refractivity contribution in [2.45, 2.75) is 30.1 Å². The molecule has 0 unspecified atom stereocenters. The Hall–Kier alpha value is -0.260. The van der Waals surface area contributed by atoms with E-state index in [0.29, 0.717) is 19.4 Å². The molecule has 2 aliphatic rings. The van der Waals surface area contributed by atoms with E-state index in [1.165, 1.54) is 0 Å². The van der Waals surface area contributed by atoms with Crippen molar-refractivity contribution in [3.05, 3.63) is 12.7 Å². The van der Waals surface area contributed by atoms with Crippen LogP contribution in [0.3, 0.4) is 0 Å². The molecule has 0 radical (unpaired) electrons. The van der Waals surface area contributed by atoms with E-state index >= 15 is 0 Å². The molecule has 7 heteroatoms. The summed E-state index contributed by atoms with van der Waals surface area (Å²) in [4.78, 5) is 14.1. The maximum Gasteiger partial charge on any atom is 0.232 e.